The van der Waals surface area contributed by atoms with Crippen LogP contribution in [0.4, 0.5) is 11.4 Å². The fraction of sp³-hybridized carbons (Fsp3) is 0.318. The molecule has 4 amide bonds. The molecule has 0 bridgehead atoms. The van der Waals surface area contributed by atoms with Crippen molar-refractivity contribution in [1.29, 1.82) is 0 Å². The predicted octanol–water partition coefficient (Wildman–Crippen LogP) is 5.17. The zero-order valence-corrected chi connectivity index (χ0v) is 34.2. The molecule has 2 aliphatic carbocycles. The van der Waals surface area contributed by atoms with Gasteiger partial charge in [0.1, 0.15) is 17.5 Å². The summed E-state index contributed by atoms with van der Waals surface area (Å²) >= 11 is 12.8. The molecule has 5 unspecified atom stereocenters. The van der Waals surface area contributed by atoms with E-state index in [1.54, 1.807) is 34.1 Å². The number of aromatic hydroxyl groups is 2. The number of hydrogen-bond donors (Lipinski definition) is 8. The summed E-state index contributed by atoms with van der Waals surface area (Å²) in [4.78, 5) is 63.9. The maximum atomic E-state index is 14.0. The molecule has 8 N–H and O–H groups in total. The van der Waals surface area contributed by atoms with Crippen molar-refractivity contribution in [3.05, 3.63) is 106 Å². The Morgan fingerprint density at radius 3 is 2.08 bits per heavy atom. The van der Waals surface area contributed by atoms with Gasteiger partial charge in [-0.1, -0.05) is 12.2 Å². The SMILES string of the molecule is Cc1c[nH]c2c(O)cc3c(c12)C(CCl)CN3C(=O)C1=CC2C=C(NC(=O)C(=O)NC3=CC4=C(CC3)NC(C(=O)N3CC(CCl)c5c3cc(O)c3[nH]cc(C)c53)C4)C=CC2N1. The highest BCUT2D eigenvalue weighted by Gasteiger charge is 2.41. The van der Waals surface area contributed by atoms with Crippen molar-refractivity contribution >= 4 is 80.0 Å². The van der Waals surface area contributed by atoms with Gasteiger partial charge in [0.05, 0.1) is 34.1 Å². The van der Waals surface area contributed by atoms with Gasteiger partial charge in [0, 0.05) is 101 Å². The zero-order valence-electron chi connectivity index (χ0n) is 32.7. The lowest BCUT2D eigenvalue weighted by Gasteiger charge is -2.23. The molecule has 0 spiro atoms. The maximum absolute atomic E-state index is 14.0. The lowest BCUT2D eigenvalue weighted by molar-refractivity contribution is -0.138. The van der Waals surface area contributed by atoms with Crippen molar-refractivity contribution < 1.29 is 29.4 Å². The highest BCUT2D eigenvalue weighted by atomic mass is 35.5. The first-order valence-corrected chi connectivity index (χ1v) is 21.1. The molecule has 6 aliphatic rings. The lowest BCUT2D eigenvalue weighted by Crippen LogP contribution is -2.43. The van der Waals surface area contributed by atoms with E-state index in [0.717, 1.165) is 44.3 Å². The molecule has 10 rings (SSSR count). The van der Waals surface area contributed by atoms with Crippen LogP contribution in [0.3, 0.4) is 0 Å². The van der Waals surface area contributed by atoms with Crippen molar-refractivity contribution in [3.8, 4) is 11.5 Å². The van der Waals surface area contributed by atoms with Gasteiger partial charge in [0.2, 0.25) is 5.91 Å². The molecular formula is C44H42Cl2N8O6. The molecule has 0 radical (unpaired) electrons. The number of allylic oxidation sites excluding steroid dienone is 4. The molecule has 2 aromatic carbocycles. The lowest BCUT2D eigenvalue weighted by atomic mass is 9.96. The summed E-state index contributed by atoms with van der Waals surface area (Å²) in [5.41, 5.74) is 9.58. The summed E-state index contributed by atoms with van der Waals surface area (Å²) < 4.78 is 0. The maximum Gasteiger partial charge on any atom is 0.314 e. The summed E-state index contributed by atoms with van der Waals surface area (Å²) in [6, 6.07) is 2.48. The summed E-state index contributed by atoms with van der Waals surface area (Å²) in [7, 11) is 0. The second kappa shape index (κ2) is 14.3. The number of hydrogen-bond acceptors (Lipinski definition) is 8. The van der Waals surface area contributed by atoms with E-state index in [1.165, 1.54) is 0 Å². The van der Waals surface area contributed by atoms with Gasteiger partial charge < -0.3 is 51.2 Å². The Balaban J connectivity index is 0.780. The number of carbonyl (C=O) groups is 4. The van der Waals surface area contributed by atoms with Crippen LogP contribution in [-0.2, 0) is 19.2 Å². The smallest absolute Gasteiger partial charge is 0.314 e. The number of fused-ring (bicyclic) bond motifs is 7. The summed E-state index contributed by atoms with van der Waals surface area (Å²) in [5, 5.41) is 35.5. The van der Waals surface area contributed by atoms with Gasteiger partial charge in [-0.2, -0.15) is 0 Å². The molecule has 60 heavy (non-hydrogen) atoms. The number of amides is 4. The second-order valence-corrected chi connectivity index (χ2v) is 17.1. The van der Waals surface area contributed by atoms with Crippen molar-refractivity contribution in [1.82, 2.24) is 31.2 Å². The number of phenols is 2. The first-order valence-electron chi connectivity index (χ1n) is 20.0. The number of H-pyrrole nitrogens is 2. The van der Waals surface area contributed by atoms with E-state index in [-0.39, 0.29) is 47.1 Å². The molecule has 0 fully saturated rings. The minimum Gasteiger partial charge on any atom is -0.506 e. The van der Waals surface area contributed by atoms with E-state index >= 15 is 0 Å². The number of nitrogens with one attached hydrogen (secondary N) is 6. The number of anilines is 2. The average Bonchev–Trinajstić information content (AvgIpc) is 4.10. The van der Waals surface area contributed by atoms with Gasteiger partial charge in [0.25, 0.3) is 5.91 Å². The first-order chi connectivity index (χ1) is 28.9. The molecule has 2 aromatic heterocycles. The number of aromatic amines is 2. The van der Waals surface area contributed by atoms with Gasteiger partial charge in [-0.25, -0.2) is 0 Å². The number of rotatable bonds is 6. The quantitative estimate of drug-likeness (QED) is 0.0962. The van der Waals surface area contributed by atoms with Crippen LogP contribution >= 0.6 is 23.2 Å². The van der Waals surface area contributed by atoms with E-state index in [1.807, 2.05) is 44.5 Å². The topological polar surface area (TPSA) is 195 Å². The number of halogens is 2. The van der Waals surface area contributed by atoms with E-state index in [2.05, 4.69) is 31.2 Å². The average molecular weight is 850 g/mol. The van der Waals surface area contributed by atoms with Crippen LogP contribution in [-0.4, -0.2) is 80.7 Å². The summed E-state index contributed by atoms with van der Waals surface area (Å²) in [5.74, 6) is -1.73. The molecule has 4 aromatic rings. The Hall–Kier alpha value is -6.12. The van der Waals surface area contributed by atoms with Crippen LogP contribution in [0.1, 0.15) is 53.4 Å². The highest BCUT2D eigenvalue weighted by molar-refractivity contribution is 6.36. The Bertz CT molecular complexity index is 2760. The summed E-state index contributed by atoms with van der Waals surface area (Å²) in [6.45, 7) is 4.69. The molecule has 0 saturated carbocycles. The van der Waals surface area contributed by atoms with Gasteiger partial charge in [-0.15, -0.1) is 23.2 Å². The molecule has 308 valence electrons. The third-order valence-electron chi connectivity index (χ3n) is 12.8. The van der Waals surface area contributed by atoms with Crippen LogP contribution in [0.5, 0.6) is 11.5 Å². The first kappa shape index (κ1) is 38.1. The van der Waals surface area contributed by atoms with Crippen LogP contribution in [0.15, 0.2) is 83.3 Å². The van der Waals surface area contributed by atoms with Crippen molar-refractivity contribution in [2.75, 3.05) is 34.6 Å². The number of phenolic OH excluding ortho intramolecular Hbond substituents is 2. The predicted molar refractivity (Wildman–Crippen MR) is 229 cm³/mol. The van der Waals surface area contributed by atoms with Crippen molar-refractivity contribution in [3.63, 3.8) is 0 Å². The standard InChI is InChI=1S/C44H42Cl2N8O6/c1-19-15-47-39-33(55)11-31-37(35(19)39)23(13-45)17-53(31)43(59)29-9-21-7-25(3-5-27(21)51-29)49-41(57)42(58)50-26-4-6-28-22(8-26)10-30(52-28)44(60)54-18-24(14-46)38-32(54)12-34(56)40-36(38)20(2)16-48-40/h3,5,7-9,11-12,15-16,21,23-24,27,30,47-48,51-52,55-56H,4,6,10,13-14,17-18H2,1-2H3,(H,49,57)(H,50,58). The largest absolute Gasteiger partial charge is 0.506 e. The number of aryl methyl sites for hydroxylation is 2. The van der Waals surface area contributed by atoms with E-state index < -0.39 is 17.9 Å². The molecule has 6 heterocycles. The monoisotopic (exact) mass is 848 g/mol. The number of carbonyl (C=O) groups excluding carboxylic acids is 4. The number of alkyl halides is 2. The Kier molecular flexibility index (Phi) is 9.06. The van der Waals surface area contributed by atoms with E-state index in [4.69, 9.17) is 23.2 Å². The molecule has 16 heteroatoms. The molecule has 0 saturated heterocycles. The molecular weight excluding hydrogens is 807 g/mol. The third kappa shape index (κ3) is 5.98. The minimum absolute atomic E-state index is 0.0579. The van der Waals surface area contributed by atoms with Crippen LogP contribution in [0.2, 0.25) is 0 Å². The Morgan fingerprint density at radius 1 is 0.817 bits per heavy atom. The fourth-order valence-corrected chi connectivity index (χ4v) is 10.4. The van der Waals surface area contributed by atoms with Gasteiger partial charge in [-0.3, -0.25) is 19.2 Å². The summed E-state index contributed by atoms with van der Waals surface area (Å²) in [6.07, 6.45) is 14.1. The minimum atomic E-state index is -0.836. The van der Waals surface area contributed by atoms with Gasteiger partial charge >= 0.3 is 11.8 Å². The van der Waals surface area contributed by atoms with Crippen LogP contribution in [0, 0.1) is 19.8 Å². The van der Waals surface area contributed by atoms with Gasteiger partial charge in [0.15, 0.2) is 0 Å². The number of nitrogens with zero attached hydrogens (tertiary/aromatic N) is 2. The van der Waals surface area contributed by atoms with Gasteiger partial charge in [-0.05, 0) is 72.7 Å². The Labute approximate surface area is 354 Å². The molecule has 4 aliphatic heterocycles. The highest BCUT2D eigenvalue weighted by Crippen LogP contribution is 2.48. The van der Waals surface area contributed by atoms with Crippen LogP contribution < -0.4 is 31.1 Å². The van der Waals surface area contributed by atoms with Crippen molar-refractivity contribution in [2.45, 2.75) is 57.0 Å². The van der Waals surface area contributed by atoms with E-state index in [9.17, 15) is 29.4 Å². The second-order valence-electron chi connectivity index (χ2n) is 16.5. The van der Waals surface area contributed by atoms with E-state index in [0.29, 0.717) is 83.6 Å². The zero-order chi connectivity index (χ0) is 41.7. The molecule has 14 nitrogen and oxygen atoms in total. The van der Waals surface area contributed by atoms with Crippen molar-refractivity contribution in [2.24, 2.45) is 5.92 Å². The number of benzene rings is 2. The molecule has 5 atom stereocenters. The Morgan fingerprint density at radius 2 is 1.43 bits per heavy atom. The number of aromatic nitrogens is 2. The third-order valence-corrected chi connectivity index (χ3v) is 13.5. The van der Waals surface area contributed by atoms with Crippen LogP contribution in [0.25, 0.3) is 21.8 Å². The fourth-order valence-electron chi connectivity index (χ4n) is 9.93. The normalized spacial score (nSPS) is 23.7.